The summed E-state index contributed by atoms with van der Waals surface area (Å²) in [7, 11) is -3.49. The summed E-state index contributed by atoms with van der Waals surface area (Å²) in [5.41, 5.74) is 4.58. The second kappa shape index (κ2) is 11.7. The first-order valence-electron chi connectivity index (χ1n) is 10.3. The van der Waals surface area contributed by atoms with Crippen LogP contribution < -0.4 is 10.4 Å². The van der Waals surface area contributed by atoms with E-state index in [-0.39, 0.29) is 17.3 Å². The molecule has 172 valence electrons. The Labute approximate surface area is 197 Å². The summed E-state index contributed by atoms with van der Waals surface area (Å²) in [5, 5.41) is 8.75. The van der Waals surface area contributed by atoms with E-state index in [4.69, 9.17) is 14.8 Å². The molecule has 0 radical (unpaired) electrons. The monoisotopic (exact) mass is 618 g/mol. The maximum atomic E-state index is 13.0. The minimum atomic E-state index is -3.49. The summed E-state index contributed by atoms with van der Waals surface area (Å²) in [4.78, 5) is 5.22. The Morgan fingerprint density at radius 2 is 1.81 bits per heavy atom. The van der Waals surface area contributed by atoms with Crippen molar-refractivity contribution in [2.75, 3.05) is 19.0 Å². The second-order valence-electron chi connectivity index (χ2n) is 8.14. The van der Waals surface area contributed by atoms with E-state index in [1.165, 1.54) is 28.8 Å². The van der Waals surface area contributed by atoms with Gasteiger partial charge < -0.3 is 0 Å². The van der Waals surface area contributed by atoms with Crippen molar-refractivity contribution in [1.82, 2.24) is 5.64 Å². The third kappa shape index (κ3) is 7.19. The molecule has 6 nitrogen and oxygen atoms in total. The van der Waals surface area contributed by atoms with Gasteiger partial charge in [-0.3, -0.25) is 10.0 Å². The zero-order valence-corrected chi connectivity index (χ0v) is 22.4. The second-order valence-corrected chi connectivity index (χ2v) is 12.3. The number of nitrogens with one attached hydrogen (secondary N) is 1. The van der Waals surface area contributed by atoms with Crippen LogP contribution in [0.3, 0.4) is 0 Å². The van der Waals surface area contributed by atoms with Crippen molar-refractivity contribution in [3.63, 3.8) is 0 Å². The van der Waals surface area contributed by atoms with Gasteiger partial charge in [-0.25, -0.2) is 0 Å². The number of allylic oxidation sites excluding steroid dienone is 2. The molecule has 0 bridgehead atoms. The van der Waals surface area contributed by atoms with Gasteiger partial charge in [-0.2, -0.15) is 0 Å². The quantitative estimate of drug-likeness (QED) is 0.221. The molecule has 8 heteroatoms. The molecule has 0 spiro atoms. The molecule has 1 aliphatic carbocycles. The number of hydrogen-bond acceptors (Lipinski definition) is 6. The molecule has 2 N–H and O–H groups in total. The molecular formula is C23H32NO5SW-. The molecule has 0 aliphatic heterocycles. The van der Waals surface area contributed by atoms with Crippen LogP contribution >= 0.6 is 0 Å². The van der Waals surface area contributed by atoms with Crippen LogP contribution in [-0.2, 0) is 34.0 Å². The molecule has 0 saturated heterocycles. The molecule has 1 saturated carbocycles. The van der Waals surface area contributed by atoms with E-state index in [1.54, 1.807) is 29.9 Å². The Hall–Kier alpha value is -1.11. The molecule has 0 aromatic heterocycles. The molecule has 1 aromatic rings. The van der Waals surface area contributed by atoms with Crippen LogP contribution in [0.1, 0.15) is 53.4 Å². The summed E-state index contributed by atoms with van der Waals surface area (Å²) in [6, 6.07) is 6.61. The van der Waals surface area contributed by atoms with Gasteiger partial charge in [-0.05, 0) is 12.8 Å². The number of sulfone groups is 1. The van der Waals surface area contributed by atoms with Gasteiger partial charge in [0.15, 0.2) is 0 Å². The van der Waals surface area contributed by atoms with Crippen LogP contribution in [-0.4, -0.2) is 36.5 Å². The van der Waals surface area contributed by atoms with Gasteiger partial charge in [0.05, 0.1) is 6.61 Å². The first-order valence-corrected chi connectivity index (χ1v) is 13.4. The van der Waals surface area contributed by atoms with Gasteiger partial charge in [-0.1, -0.05) is 18.5 Å². The molecule has 1 fully saturated rings. The molecule has 0 unspecified atom stereocenters. The number of ether oxygens (including phenoxy) is 1. The molecule has 0 atom stereocenters. The fraction of sp³-hybridized carbons (Fsp3) is 0.522. The summed E-state index contributed by atoms with van der Waals surface area (Å²) in [5.74, 6) is 0.621. The Bertz CT molecular complexity index is 929. The van der Waals surface area contributed by atoms with Crippen molar-refractivity contribution in [3.8, 4) is 5.75 Å². The Balaban J connectivity index is 2.13. The predicted octanol–water partition coefficient (Wildman–Crippen LogP) is 4.13. The fourth-order valence-electron chi connectivity index (χ4n) is 3.89. The molecule has 0 heterocycles. The molecule has 31 heavy (non-hydrogen) atoms. The van der Waals surface area contributed by atoms with Crippen molar-refractivity contribution in [3.05, 3.63) is 47.1 Å². The molecule has 1 aliphatic rings. The van der Waals surface area contributed by atoms with Crippen LogP contribution in [0, 0.1) is 11.5 Å². The van der Waals surface area contributed by atoms with Gasteiger partial charge in [0.2, 0.25) is 0 Å². The van der Waals surface area contributed by atoms with Gasteiger partial charge in [0.1, 0.15) is 0 Å². The van der Waals surface area contributed by atoms with Crippen molar-refractivity contribution < 1.29 is 42.6 Å². The SMILES string of the molecule is C[C-]=C(C)/C(COc1ccc(S(=O)(=O)CC2(CONO)CCCC2)cc1)=C(/C)[C](C)=[W]. The summed E-state index contributed by atoms with van der Waals surface area (Å²) in [6.45, 7) is 8.67. The zero-order chi connectivity index (χ0) is 23.1. The van der Waals surface area contributed by atoms with E-state index in [0.717, 1.165) is 36.8 Å². The first-order chi connectivity index (χ1) is 14.6. The average Bonchev–Trinajstić information content (AvgIpc) is 3.20. The van der Waals surface area contributed by atoms with Crippen molar-refractivity contribution in [2.24, 2.45) is 5.41 Å². The van der Waals surface area contributed by atoms with E-state index in [2.05, 4.69) is 19.9 Å². The number of rotatable bonds is 11. The summed E-state index contributed by atoms with van der Waals surface area (Å²) < 4.78 is 33.3. The number of benzene rings is 1. The predicted molar refractivity (Wildman–Crippen MR) is 117 cm³/mol. The van der Waals surface area contributed by atoms with E-state index >= 15 is 0 Å². The van der Waals surface area contributed by atoms with Gasteiger partial charge in [-0.15, -0.1) is 0 Å². The third-order valence-electron chi connectivity index (χ3n) is 5.98. The van der Waals surface area contributed by atoms with Crippen LogP contribution in [0.25, 0.3) is 0 Å². The van der Waals surface area contributed by atoms with Crippen LogP contribution in [0.5, 0.6) is 5.75 Å². The summed E-state index contributed by atoms with van der Waals surface area (Å²) >= 11 is 1.42. The van der Waals surface area contributed by atoms with Crippen LogP contribution in [0.15, 0.2) is 45.9 Å². The van der Waals surface area contributed by atoms with E-state index < -0.39 is 15.3 Å². The van der Waals surface area contributed by atoms with E-state index in [1.807, 2.05) is 13.8 Å². The average molecular weight is 618 g/mol. The van der Waals surface area contributed by atoms with E-state index in [0.29, 0.717) is 12.4 Å². The Morgan fingerprint density at radius 1 is 1.19 bits per heavy atom. The van der Waals surface area contributed by atoms with Gasteiger partial charge in [0.25, 0.3) is 0 Å². The van der Waals surface area contributed by atoms with Crippen molar-refractivity contribution >= 4 is 13.7 Å². The zero-order valence-electron chi connectivity index (χ0n) is 18.7. The topological polar surface area (TPSA) is 84.9 Å². The molecule has 0 amide bonds. The van der Waals surface area contributed by atoms with Gasteiger partial charge >= 0.3 is 149 Å². The fourth-order valence-corrected chi connectivity index (χ4v) is 6.23. The summed E-state index contributed by atoms with van der Waals surface area (Å²) in [6.07, 6.45) is 6.64. The standard InChI is InChI=1S/C23H32NO5S.W/c1-5-18(3)22(19(4)6-2)15-28-20-9-11-21(12-10-20)30(26,27)17-23(16-29-24-25)13-7-8-14-23;/h9-12,24-25H,7-8,13-17H2,1-4H3;/q-1;/b22-18-;. The first kappa shape index (κ1) is 26.1. The van der Waals surface area contributed by atoms with Crippen LogP contribution in [0.2, 0.25) is 0 Å². The van der Waals surface area contributed by atoms with Gasteiger partial charge in [0, 0.05) is 0 Å². The Morgan fingerprint density at radius 3 is 2.32 bits per heavy atom. The Kier molecular flexibility index (Phi) is 9.84. The third-order valence-corrected chi connectivity index (χ3v) is 9.06. The van der Waals surface area contributed by atoms with Crippen molar-refractivity contribution in [1.29, 1.82) is 0 Å². The normalized spacial score (nSPS) is 17.4. The number of hydrogen-bond donors (Lipinski definition) is 2. The van der Waals surface area contributed by atoms with Crippen molar-refractivity contribution in [2.45, 2.75) is 58.3 Å². The molecular weight excluding hydrogens is 586 g/mol. The van der Waals surface area contributed by atoms with Crippen LogP contribution in [0.4, 0.5) is 0 Å². The maximum absolute atomic E-state index is 13.0. The molecule has 1 aromatic carbocycles. The molecule has 2 rings (SSSR count). The van der Waals surface area contributed by atoms with E-state index in [9.17, 15) is 8.42 Å². The minimum absolute atomic E-state index is 0.00175.